The minimum atomic E-state index is 1.07. The number of benzene rings is 1. The van der Waals surface area contributed by atoms with E-state index in [0.717, 1.165) is 6.54 Å². The van der Waals surface area contributed by atoms with E-state index < -0.39 is 0 Å². The summed E-state index contributed by atoms with van der Waals surface area (Å²) in [5.74, 6) is 0. The van der Waals surface area contributed by atoms with Gasteiger partial charge in [0.2, 0.25) is 12.3 Å². The molecule has 0 unspecified atom stereocenters. The van der Waals surface area contributed by atoms with Crippen LogP contribution in [0.3, 0.4) is 0 Å². The van der Waals surface area contributed by atoms with Gasteiger partial charge < -0.3 is 5.32 Å². The molecule has 0 aliphatic carbocycles. The second-order valence-corrected chi connectivity index (χ2v) is 3.54. The maximum Gasteiger partial charge on any atom is 0.221 e. The lowest BCUT2D eigenvalue weighted by Crippen LogP contribution is -1.94. The summed E-state index contributed by atoms with van der Waals surface area (Å²) in [6, 6.07) is 8.59. The molecule has 0 amide bonds. The van der Waals surface area contributed by atoms with Gasteiger partial charge in [0.05, 0.1) is 0 Å². The highest BCUT2D eigenvalue weighted by Crippen LogP contribution is 2.11. The second kappa shape index (κ2) is 3.21. The Morgan fingerprint density at radius 1 is 1.31 bits per heavy atom. The molecule has 1 aliphatic rings. The minimum Gasteiger partial charge on any atom is -0.388 e. The van der Waals surface area contributed by atoms with Crippen LogP contribution in [0, 0.1) is 0 Å². The lowest BCUT2D eigenvalue weighted by molar-refractivity contribution is -0.458. The van der Waals surface area contributed by atoms with Gasteiger partial charge in [-0.3, -0.25) is 0 Å². The zero-order valence-electron chi connectivity index (χ0n) is 8.17. The number of nitrogens with one attached hydrogen (secondary N) is 1. The third kappa shape index (κ3) is 1.89. The fourth-order valence-corrected chi connectivity index (χ4v) is 1.43. The molecule has 1 aromatic carbocycles. The zero-order chi connectivity index (χ0) is 9.26. The topological polar surface area (TPSA) is 15.0 Å². The van der Waals surface area contributed by atoms with Crippen LogP contribution in [0.25, 0.3) is 0 Å². The van der Waals surface area contributed by atoms with Gasteiger partial charge in [-0.15, -0.1) is 0 Å². The van der Waals surface area contributed by atoms with E-state index in [9.17, 15) is 0 Å². The Morgan fingerprint density at radius 3 is 2.38 bits per heavy atom. The van der Waals surface area contributed by atoms with Gasteiger partial charge in [-0.05, 0) is 12.1 Å². The van der Waals surface area contributed by atoms with Crippen molar-refractivity contribution in [3.8, 4) is 0 Å². The zero-order valence-corrected chi connectivity index (χ0v) is 8.17. The highest BCUT2D eigenvalue weighted by atomic mass is 15.1. The third-order valence-corrected chi connectivity index (χ3v) is 2.47. The Hall–Kier alpha value is -1.31. The fourth-order valence-electron chi connectivity index (χ4n) is 1.43. The quantitative estimate of drug-likeness (QED) is 0.691. The smallest absolute Gasteiger partial charge is 0.221 e. The van der Waals surface area contributed by atoms with Crippen molar-refractivity contribution in [1.29, 1.82) is 0 Å². The average Bonchev–Trinajstić information content (AvgIpc) is 2.83. The van der Waals surface area contributed by atoms with Gasteiger partial charge in [0.15, 0.2) is 6.54 Å². The summed E-state index contributed by atoms with van der Waals surface area (Å²) in [5.41, 5.74) is 4.06. The first-order valence-electron chi connectivity index (χ1n) is 4.63. The Morgan fingerprint density at radius 2 is 1.92 bits per heavy atom. The lowest BCUT2D eigenvalue weighted by Gasteiger charge is -1.99. The first kappa shape index (κ1) is 8.30. The summed E-state index contributed by atoms with van der Waals surface area (Å²) in [6.45, 7) is 4.42. The predicted molar refractivity (Wildman–Crippen MR) is 55.5 cm³/mol. The van der Waals surface area contributed by atoms with E-state index in [-0.39, 0.29) is 0 Å². The molecule has 68 valence electrons. The minimum absolute atomic E-state index is 1.07. The largest absolute Gasteiger partial charge is 0.388 e. The van der Waals surface area contributed by atoms with Crippen molar-refractivity contribution < 1.29 is 4.58 Å². The Kier molecular flexibility index (Phi) is 2.05. The third-order valence-electron chi connectivity index (χ3n) is 2.47. The van der Waals surface area contributed by atoms with Crippen molar-refractivity contribution in [3.05, 3.63) is 29.8 Å². The van der Waals surface area contributed by atoms with Gasteiger partial charge in [0, 0.05) is 25.2 Å². The van der Waals surface area contributed by atoms with Crippen LogP contribution in [0.5, 0.6) is 0 Å². The normalized spacial score (nSPS) is 14.6. The molecule has 0 atom stereocenters. The van der Waals surface area contributed by atoms with Gasteiger partial charge in [-0.1, -0.05) is 12.1 Å². The van der Waals surface area contributed by atoms with Crippen LogP contribution in [0.15, 0.2) is 24.3 Å². The van der Waals surface area contributed by atoms with Gasteiger partial charge in [-0.2, -0.15) is 0 Å². The molecule has 1 aromatic rings. The molecule has 0 saturated heterocycles. The predicted octanol–water partition coefficient (Wildman–Crippen LogP) is 1.72. The van der Waals surface area contributed by atoms with E-state index in [4.69, 9.17) is 0 Å². The maximum absolute atomic E-state index is 3.11. The maximum atomic E-state index is 3.11. The Bertz CT molecular complexity index is 336. The van der Waals surface area contributed by atoms with Crippen LogP contribution < -0.4 is 5.32 Å². The molecule has 2 heteroatoms. The molecule has 1 heterocycles. The summed E-state index contributed by atoms with van der Waals surface area (Å²) in [5, 5.41) is 3.11. The van der Waals surface area contributed by atoms with E-state index in [1.165, 1.54) is 23.5 Å². The van der Waals surface area contributed by atoms with Gasteiger partial charge in [0.25, 0.3) is 0 Å². The molecule has 0 aromatic heterocycles. The molecule has 1 N–H and O–H groups in total. The number of anilines is 1. The molecular formula is C11H15N2+. The summed E-state index contributed by atoms with van der Waals surface area (Å²) in [7, 11) is 1.94. The monoisotopic (exact) mass is 175 g/mol. The number of nitrogens with zero attached hydrogens (tertiary/aromatic N) is 1. The highest BCUT2D eigenvalue weighted by Gasteiger charge is 2.26. The van der Waals surface area contributed by atoms with E-state index >= 15 is 0 Å². The second-order valence-electron chi connectivity index (χ2n) is 3.54. The van der Waals surface area contributed by atoms with Crippen molar-refractivity contribution >= 4 is 11.4 Å². The van der Waals surface area contributed by atoms with Crippen molar-refractivity contribution in [1.82, 2.24) is 0 Å². The van der Waals surface area contributed by atoms with Crippen LogP contribution in [0.1, 0.15) is 12.5 Å². The van der Waals surface area contributed by atoms with Crippen LogP contribution in [-0.2, 0) is 6.54 Å². The molecular weight excluding hydrogens is 160 g/mol. The molecule has 1 aliphatic heterocycles. The van der Waals surface area contributed by atoms with Gasteiger partial charge in [0.1, 0.15) is 0 Å². The standard InChI is InChI=1S/C11H15N2/c1-9-7-13(9)8-10-3-5-11(12-2)6-4-10/h3-6,12H,7-8H2,1-2H3/q+1. The molecule has 0 saturated carbocycles. The summed E-state index contributed by atoms with van der Waals surface area (Å²) in [6.07, 6.45) is 0. The summed E-state index contributed by atoms with van der Waals surface area (Å²) < 4.78 is 2.37. The molecule has 0 bridgehead atoms. The van der Waals surface area contributed by atoms with Crippen molar-refractivity contribution in [2.24, 2.45) is 0 Å². The molecule has 2 rings (SSSR count). The van der Waals surface area contributed by atoms with Crippen molar-refractivity contribution in [2.75, 3.05) is 18.9 Å². The number of hydrogen-bond donors (Lipinski definition) is 1. The SMILES string of the molecule is CNc1ccc(C[N+]2=C(C)C2)cc1. The molecule has 13 heavy (non-hydrogen) atoms. The van der Waals surface area contributed by atoms with E-state index in [0.29, 0.717) is 0 Å². The summed E-state index contributed by atoms with van der Waals surface area (Å²) >= 11 is 0. The van der Waals surface area contributed by atoms with E-state index in [1.807, 2.05) is 7.05 Å². The van der Waals surface area contributed by atoms with Crippen LogP contribution in [0.4, 0.5) is 5.69 Å². The number of rotatable bonds is 3. The lowest BCUT2D eigenvalue weighted by atomic mass is 10.2. The Labute approximate surface area is 78.9 Å². The average molecular weight is 175 g/mol. The first-order valence-corrected chi connectivity index (χ1v) is 4.63. The molecule has 0 fully saturated rings. The summed E-state index contributed by atoms with van der Waals surface area (Å²) in [4.78, 5) is 0. The van der Waals surface area contributed by atoms with Crippen molar-refractivity contribution in [2.45, 2.75) is 13.5 Å². The molecule has 2 nitrogen and oxygen atoms in total. The van der Waals surface area contributed by atoms with E-state index in [2.05, 4.69) is 41.1 Å². The van der Waals surface area contributed by atoms with E-state index in [1.54, 1.807) is 0 Å². The van der Waals surface area contributed by atoms with Gasteiger partial charge >= 0.3 is 0 Å². The van der Waals surface area contributed by atoms with Crippen LogP contribution in [0.2, 0.25) is 0 Å². The fraction of sp³-hybridized carbons (Fsp3) is 0.364. The Balaban J connectivity index is 2.05. The number of hydrogen-bond acceptors (Lipinski definition) is 1. The molecule has 0 spiro atoms. The van der Waals surface area contributed by atoms with Crippen LogP contribution in [-0.4, -0.2) is 23.9 Å². The van der Waals surface area contributed by atoms with Crippen LogP contribution >= 0.6 is 0 Å². The first-order chi connectivity index (χ1) is 6.29. The van der Waals surface area contributed by atoms with Crippen molar-refractivity contribution in [3.63, 3.8) is 0 Å². The highest BCUT2D eigenvalue weighted by molar-refractivity contribution is 5.85. The molecule has 0 radical (unpaired) electrons. The van der Waals surface area contributed by atoms with Gasteiger partial charge in [-0.25, -0.2) is 4.58 Å².